The summed E-state index contributed by atoms with van der Waals surface area (Å²) in [4.78, 5) is 24.1. The van der Waals surface area contributed by atoms with Gasteiger partial charge in [0.2, 0.25) is 0 Å². The zero-order valence-corrected chi connectivity index (χ0v) is 17.2. The molecule has 32 heavy (non-hydrogen) atoms. The number of ether oxygens (including phenoxy) is 2. The van der Waals surface area contributed by atoms with E-state index in [2.05, 4.69) is 4.74 Å². The number of methoxy groups -OCH3 is 1. The van der Waals surface area contributed by atoms with E-state index in [-0.39, 0.29) is 23.5 Å². The molecule has 6 nitrogen and oxygen atoms in total. The number of esters is 1. The topological polar surface area (TPSA) is 83.5 Å². The molecule has 0 saturated heterocycles. The number of alkyl halides is 3. The van der Waals surface area contributed by atoms with Gasteiger partial charge in [-0.1, -0.05) is 18.6 Å². The summed E-state index contributed by atoms with van der Waals surface area (Å²) in [6, 6.07) is 12.6. The molecule has 0 spiro atoms. The summed E-state index contributed by atoms with van der Waals surface area (Å²) >= 11 is 0. The van der Waals surface area contributed by atoms with Crippen LogP contribution in [0.3, 0.4) is 0 Å². The van der Waals surface area contributed by atoms with Gasteiger partial charge in [-0.3, -0.25) is 9.59 Å². The highest BCUT2D eigenvalue weighted by atomic mass is 19.4. The quantitative estimate of drug-likeness (QED) is 0.561. The molecule has 1 heterocycles. The lowest BCUT2D eigenvalue weighted by molar-refractivity contribution is -0.274. The number of nitrogens with zero attached hydrogens (tertiary/aromatic N) is 1. The molecule has 0 radical (unpaired) electrons. The fourth-order valence-electron chi connectivity index (χ4n) is 4.33. The van der Waals surface area contributed by atoms with Crippen LogP contribution in [-0.4, -0.2) is 29.9 Å². The number of hydrogen-bond acceptors (Lipinski definition) is 4. The summed E-state index contributed by atoms with van der Waals surface area (Å²) < 4.78 is 48.6. The van der Waals surface area contributed by atoms with Crippen molar-refractivity contribution in [3.63, 3.8) is 0 Å². The van der Waals surface area contributed by atoms with Crippen LogP contribution in [0.25, 0.3) is 16.6 Å². The molecule has 168 valence electrons. The third-order valence-corrected chi connectivity index (χ3v) is 6.00. The average molecular weight is 446 g/mol. The molecule has 1 fully saturated rings. The van der Waals surface area contributed by atoms with Gasteiger partial charge >= 0.3 is 12.3 Å². The number of hydrogen-bond donors (Lipinski definition) is 1. The summed E-state index contributed by atoms with van der Waals surface area (Å²) in [7, 11) is 1.34. The highest BCUT2D eigenvalue weighted by molar-refractivity contribution is 5.99. The molecule has 1 aliphatic rings. The number of halogens is 3. The Bertz CT molecular complexity index is 1200. The highest BCUT2D eigenvalue weighted by Gasteiger charge is 2.41. The largest absolute Gasteiger partial charge is 0.573 e. The molecule has 0 bridgehead atoms. The van der Waals surface area contributed by atoms with E-state index < -0.39 is 18.0 Å². The molecule has 3 aromatic rings. The Morgan fingerprint density at radius 1 is 1.12 bits per heavy atom. The van der Waals surface area contributed by atoms with Crippen LogP contribution in [-0.2, 0) is 14.9 Å². The second kappa shape index (κ2) is 7.89. The van der Waals surface area contributed by atoms with Gasteiger partial charge in [-0.05, 0) is 48.7 Å². The van der Waals surface area contributed by atoms with E-state index in [0.29, 0.717) is 16.6 Å². The molecule has 1 amide bonds. The van der Waals surface area contributed by atoms with Crippen molar-refractivity contribution in [3.8, 4) is 11.4 Å². The van der Waals surface area contributed by atoms with Crippen LogP contribution in [0.2, 0.25) is 0 Å². The standard InChI is InChI=1S/C23H21F3N2O4/c1-31-20(29)13-22(8-3-9-22)15-4-2-5-16(11-15)28-18-12-17(32-23(24,25)26)7-6-14(18)10-19(28)21(27)30/h2,4-7,10-12H,3,8-9,13H2,1H3,(H2,27,30). The van der Waals surface area contributed by atoms with Crippen LogP contribution in [0.4, 0.5) is 13.2 Å². The lowest BCUT2D eigenvalue weighted by Crippen LogP contribution is -2.37. The Morgan fingerprint density at radius 3 is 2.47 bits per heavy atom. The Labute approximate surface area is 181 Å². The second-order valence-electron chi connectivity index (χ2n) is 7.93. The van der Waals surface area contributed by atoms with Crippen LogP contribution in [0.15, 0.2) is 48.5 Å². The minimum Gasteiger partial charge on any atom is -0.469 e. The van der Waals surface area contributed by atoms with Gasteiger partial charge in [-0.25, -0.2) is 0 Å². The van der Waals surface area contributed by atoms with E-state index in [9.17, 15) is 22.8 Å². The van der Waals surface area contributed by atoms with Gasteiger partial charge in [-0.15, -0.1) is 13.2 Å². The van der Waals surface area contributed by atoms with Gasteiger partial charge in [0.25, 0.3) is 5.91 Å². The van der Waals surface area contributed by atoms with E-state index in [1.54, 1.807) is 12.1 Å². The number of fused-ring (bicyclic) bond motifs is 1. The van der Waals surface area contributed by atoms with E-state index in [4.69, 9.17) is 10.5 Å². The van der Waals surface area contributed by atoms with Gasteiger partial charge < -0.3 is 19.8 Å². The first-order chi connectivity index (χ1) is 15.1. The molecule has 0 unspecified atom stereocenters. The summed E-state index contributed by atoms with van der Waals surface area (Å²) in [6.07, 6.45) is -2.03. The van der Waals surface area contributed by atoms with Crippen molar-refractivity contribution in [2.45, 2.75) is 37.5 Å². The van der Waals surface area contributed by atoms with Crippen LogP contribution in [0.1, 0.15) is 41.7 Å². The maximum absolute atomic E-state index is 12.7. The third-order valence-electron chi connectivity index (χ3n) is 6.00. The molecule has 0 aliphatic heterocycles. The number of nitrogens with two attached hydrogens (primary N) is 1. The van der Waals surface area contributed by atoms with Crippen molar-refractivity contribution < 1.29 is 32.2 Å². The minimum absolute atomic E-state index is 0.122. The summed E-state index contributed by atoms with van der Waals surface area (Å²) in [5.41, 5.74) is 7.10. The molecule has 2 N–H and O–H groups in total. The fourth-order valence-corrected chi connectivity index (χ4v) is 4.33. The Balaban J connectivity index is 1.84. The Morgan fingerprint density at radius 2 is 1.88 bits per heavy atom. The number of amides is 1. The normalized spacial score (nSPS) is 15.2. The molecule has 4 rings (SSSR count). The number of aromatic nitrogens is 1. The molecular weight excluding hydrogens is 425 g/mol. The van der Waals surface area contributed by atoms with Crippen molar-refractivity contribution >= 4 is 22.8 Å². The molecule has 1 saturated carbocycles. The predicted octanol–water partition coefficient (Wildman–Crippen LogP) is 4.61. The number of primary amides is 1. The first-order valence-corrected chi connectivity index (χ1v) is 10.0. The number of carbonyl (C=O) groups excluding carboxylic acids is 2. The molecule has 2 aromatic carbocycles. The monoisotopic (exact) mass is 446 g/mol. The van der Waals surface area contributed by atoms with Crippen molar-refractivity contribution in [2.24, 2.45) is 5.73 Å². The Kier molecular flexibility index (Phi) is 5.36. The first-order valence-electron chi connectivity index (χ1n) is 10.0. The van der Waals surface area contributed by atoms with Crippen LogP contribution in [0, 0.1) is 0 Å². The summed E-state index contributed by atoms with van der Waals surface area (Å²) in [5, 5.41) is 0.534. The van der Waals surface area contributed by atoms with Gasteiger partial charge in [0.15, 0.2) is 0 Å². The second-order valence-corrected chi connectivity index (χ2v) is 7.93. The maximum Gasteiger partial charge on any atom is 0.573 e. The van der Waals surface area contributed by atoms with Gasteiger partial charge in [0.05, 0.1) is 19.0 Å². The molecule has 9 heteroatoms. The highest BCUT2D eigenvalue weighted by Crippen LogP contribution is 2.47. The van der Waals surface area contributed by atoms with Crippen molar-refractivity contribution in [1.29, 1.82) is 0 Å². The zero-order valence-electron chi connectivity index (χ0n) is 17.2. The van der Waals surface area contributed by atoms with E-state index >= 15 is 0 Å². The molecule has 1 aliphatic carbocycles. The summed E-state index contributed by atoms with van der Waals surface area (Å²) in [6.45, 7) is 0. The average Bonchev–Trinajstić information content (AvgIpc) is 3.08. The van der Waals surface area contributed by atoms with Gasteiger partial charge in [-0.2, -0.15) is 0 Å². The minimum atomic E-state index is -4.85. The fraction of sp³-hybridized carbons (Fsp3) is 0.304. The van der Waals surface area contributed by atoms with Gasteiger partial charge in [0, 0.05) is 22.6 Å². The van der Waals surface area contributed by atoms with Crippen LogP contribution < -0.4 is 10.5 Å². The van der Waals surface area contributed by atoms with Crippen molar-refractivity contribution in [3.05, 3.63) is 59.8 Å². The smallest absolute Gasteiger partial charge is 0.469 e. The third kappa shape index (κ3) is 4.02. The van der Waals surface area contributed by atoms with Crippen molar-refractivity contribution in [2.75, 3.05) is 7.11 Å². The first kappa shape index (κ1) is 21.7. The zero-order chi connectivity index (χ0) is 23.1. The lowest BCUT2D eigenvalue weighted by Gasteiger charge is -2.42. The van der Waals surface area contributed by atoms with Gasteiger partial charge in [0.1, 0.15) is 11.4 Å². The predicted molar refractivity (Wildman–Crippen MR) is 111 cm³/mol. The van der Waals surface area contributed by atoms with Crippen LogP contribution >= 0.6 is 0 Å². The van der Waals surface area contributed by atoms with E-state index in [1.807, 2.05) is 12.1 Å². The molecular formula is C23H21F3N2O4. The lowest BCUT2D eigenvalue weighted by atomic mass is 9.62. The van der Waals surface area contributed by atoms with Crippen molar-refractivity contribution in [1.82, 2.24) is 4.57 Å². The van der Waals surface area contributed by atoms with Crippen LogP contribution in [0.5, 0.6) is 5.75 Å². The molecule has 1 aromatic heterocycles. The van der Waals surface area contributed by atoms with E-state index in [0.717, 1.165) is 24.8 Å². The summed E-state index contributed by atoms with van der Waals surface area (Å²) in [5.74, 6) is -1.44. The Hall–Kier alpha value is -3.49. The number of rotatable bonds is 6. The maximum atomic E-state index is 12.7. The SMILES string of the molecule is COC(=O)CC1(c2cccc(-n3c(C(N)=O)cc4ccc(OC(F)(F)F)cc43)c2)CCC1. The molecule has 0 atom stereocenters. The van der Waals surface area contributed by atoms with E-state index in [1.165, 1.54) is 35.9 Å². The number of carbonyl (C=O) groups is 2. The number of benzene rings is 2.